The third-order valence-electron chi connectivity index (χ3n) is 2.54. The molecule has 1 amide bonds. The van der Waals surface area contributed by atoms with Gasteiger partial charge in [0.25, 0.3) is 0 Å². The Labute approximate surface area is 120 Å². The molecule has 1 aromatic heterocycles. The van der Waals surface area contributed by atoms with E-state index in [2.05, 4.69) is 42.0 Å². The quantitative estimate of drug-likeness (QED) is 0.443. The zero-order chi connectivity index (χ0) is 14.3. The number of nitrogens with two attached hydrogens (primary N) is 1. The Hall–Kier alpha value is -1.41. The summed E-state index contributed by atoms with van der Waals surface area (Å²) in [5.41, 5.74) is 2.37. The van der Waals surface area contributed by atoms with E-state index in [0.717, 1.165) is 6.42 Å². The van der Waals surface area contributed by atoms with E-state index >= 15 is 0 Å². The minimum atomic E-state index is 0.0178. The van der Waals surface area contributed by atoms with Crippen LogP contribution in [0.5, 0.6) is 0 Å². The van der Waals surface area contributed by atoms with E-state index < -0.39 is 0 Å². The highest BCUT2D eigenvalue weighted by atomic mass is 79.9. The van der Waals surface area contributed by atoms with E-state index in [0.29, 0.717) is 29.2 Å². The van der Waals surface area contributed by atoms with Gasteiger partial charge in [0.05, 0.1) is 4.47 Å². The summed E-state index contributed by atoms with van der Waals surface area (Å²) < 4.78 is 0.717. The minimum absolute atomic E-state index is 0.0178. The van der Waals surface area contributed by atoms with Crippen molar-refractivity contribution in [1.82, 2.24) is 15.3 Å². The number of hydrazine groups is 1. The number of carbonyl (C=O) groups is 1. The lowest BCUT2D eigenvalue weighted by atomic mass is 10.2. The molecule has 106 valence electrons. The summed E-state index contributed by atoms with van der Waals surface area (Å²) >= 11 is 3.32. The zero-order valence-corrected chi connectivity index (χ0v) is 12.6. The van der Waals surface area contributed by atoms with Gasteiger partial charge in [0.1, 0.15) is 5.82 Å². The highest BCUT2D eigenvalue weighted by molar-refractivity contribution is 9.10. The second kappa shape index (κ2) is 7.90. The maximum atomic E-state index is 11.6. The van der Waals surface area contributed by atoms with Crippen LogP contribution in [-0.4, -0.2) is 28.5 Å². The Balaban J connectivity index is 2.42. The molecular formula is C11H19BrN6O. The molecule has 1 rings (SSSR count). The van der Waals surface area contributed by atoms with E-state index in [1.54, 1.807) is 6.20 Å². The first kappa shape index (κ1) is 15.6. The second-order valence-electron chi connectivity index (χ2n) is 4.09. The number of halogens is 1. The smallest absolute Gasteiger partial charge is 0.239 e. The summed E-state index contributed by atoms with van der Waals surface area (Å²) in [5, 5.41) is 5.95. The minimum Gasteiger partial charge on any atom is -0.368 e. The molecule has 8 heteroatoms. The van der Waals surface area contributed by atoms with Crippen molar-refractivity contribution in [3.05, 3.63) is 10.7 Å². The maximum absolute atomic E-state index is 11.6. The highest BCUT2D eigenvalue weighted by Crippen LogP contribution is 2.19. The van der Waals surface area contributed by atoms with Gasteiger partial charge >= 0.3 is 0 Å². The number of nitrogens with one attached hydrogen (secondary N) is 3. The summed E-state index contributed by atoms with van der Waals surface area (Å²) in [6.45, 7) is 4.50. The van der Waals surface area contributed by atoms with Gasteiger partial charge in [-0.15, -0.1) is 0 Å². The predicted octanol–water partition coefficient (Wildman–Crippen LogP) is 1.24. The van der Waals surface area contributed by atoms with Gasteiger partial charge in [-0.05, 0) is 29.3 Å². The van der Waals surface area contributed by atoms with Crippen LogP contribution in [-0.2, 0) is 4.79 Å². The third kappa shape index (κ3) is 5.39. The number of hydrogen-bond acceptors (Lipinski definition) is 6. The Morgan fingerprint density at radius 2 is 2.32 bits per heavy atom. The second-order valence-corrected chi connectivity index (χ2v) is 4.94. The van der Waals surface area contributed by atoms with Gasteiger partial charge in [-0.2, -0.15) is 4.98 Å². The molecule has 0 saturated carbocycles. The lowest BCUT2D eigenvalue weighted by Gasteiger charge is -2.12. The lowest BCUT2D eigenvalue weighted by molar-refractivity contribution is -0.121. The summed E-state index contributed by atoms with van der Waals surface area (Å²) in [6.07, 6.45) is 2.89. The van der Waals surface area contributed by atoms with Crippen LogP contribution < -0.4 is 21.9 Å². The number of hydrogen-bond donors (Lipinski definition) is 4. The standard InChI is InChI=1S/C11H19BrN6O/c1-3-7(2)16-9(19)4-5-14-10-8(12)6-15-11(17-10)18-13/h6-7H,3-5,13H2,1-2H3,(H,16,19)(H2,14,15,17,18). The summed E-state index contributed by atoms with van der Waals surface area (Å²) in [6, 6.07) is 0.200. The Morgan fingerprint density at radius 3 is 2.95 bits per heavy atom. The van der Waals surface area contributed by atoms with Gasteiger partial charge < -0.3 is 10.6 Å². The average molecular weight is 331 g/mol. The number of nitrogen functional groups attached to an aromatic ring is 1. The molecule has 1 aromatic rings. The zero-order valence-electron chi connectivity index (χ0n) is 11.0. The summed E-state index contributed by atoms with van der Waals surface area (Å²) in [7, 11) is 0. The number of anilines is 2. The van der Waals surface area contributed by atoms with Gasteiger partial charge in [-0.25, -0.2) is 10.8 Å². The molecule has 0 aliphatic carbocycles. The lowest BCUT2D eigenvalue weighted by Crippen LogP contribution is -2.33. The Kier molecular flexibility index (Phi) is 6.51. The van der Waals surface area contributed by atoms with Crippen molar-refractivity contribution in [3.8, 4) is 0 Å². The molecule has 0 radical (unpaired) electrons. The molecule has 0 aromatic carbocycles. The first-order chi connectivity index (χ1) is 9.06. The van der Waals surface area contributed by atoms with Crippen molar-refractivity contribution < 1.29 is 4.79 Å². The van der Waals surface area contributed by atoms with Crippen LogP contribution in [0.1, 0.15) is 26.7 Å². The number of rotatable bonds is 7. The molecule has 1 unspecified atom stereocenters. The molecule has 0 saturated heterocycles. The van der Waals surface area contributed by atoms with Gasteiger partial charge in [-0.3, -0.25) is 10.2 Å². The van der Waals surface area contributed by atoms with Gasteiger partial charge in [0, 0.05) is 25.2 Å². The highest BCUT2D eigenvalue weighted by Gasteiger charge is 2.07. The van der Waals surface area contributed by atoms with Crippen molar-refractivity contribution >= 4 is 33.6 Å². The van der Waals surface area contributed by atoms with Crippen molar-refractivity contribution in [3.63, 3.8) is 0 Å². The maximum Gasteiger partial charge on any atom is 0.239 e. The fraction of sp³-hybridized carbons (Fsp3) is 0.545. The molecule has 0 aliphatic heterocycles. The van der Waals surface area contributed by atoms with E-state index in [1.165, 1.54) is 0 Å². The predicted molar refractivity (Wildman–Crippen MR) is 78.5 cm³/mol. The molecular weight excluding hydrogens is 312 g/mol. The first-order valence-electron chi connectivity index (χ1n) is 6.09. The molecule has 0 fully saturated rings. The molecule has 0 spiro atoms. The van der Waals surface area contributed by atoms with E-state index in [-0.39, 0.29) is 11.9 Å². The van der Waals surface area contributed by atoms with Crippen LogP contribution in [0.2, 0.25) is 0 Å². The summed E-state index contributed by atoms with van der Waals surface area (Å²) in [5.74, 6) is 6.16. The van der Waals surface area contributed by atoms with Crippen molar-refractivity contribution in [1.29, 1.82) is 0 Å². The molecule has 1 heterocycles. The van der Waals surface area contributed by atoms with Crippen molar-refractivity contribution in [2.24, 2.45) is 5.84 Å². The third-order valence-corrected chi connectivity index (χ3v) is 3.12. The number of amides is 1. The van der Waals surface area contributed by atoms with Crippen LogP contribution in [0.3, 0.4) is 0 Å². The number of carbonyl (C=O) groups excluding carboxylic acids is 1. The first-order valence-corrected chi connectivity index (χ1v) is 6.88. The van der Waals surface area contributed by atoms with Gasteiger partial charge in [-0.1, -0.05) is 6.92 Å². The largest absolute Gasteiger partial charge is 0.368 e. The Bertz CT molecular complexity index is 428. The molecule has 0 aliphatic rings. The van der Waals surface area contributed by atoms with Crippen LogP contribution in [0.4, 0.5) is 11.8 Å². The van der Waals surface area contributed by atoms with E-state index in [9.17, 15) is 4.79 Å². The van der Waals surface area contributed by atoms with Crippen molar-refractivity contribution in [2.45, 2.75) is 32.7 Å². The Morgan fingerprint density at radius 1 is 1.58 bits per heavy atom. The topological polar surface area (TPSA) is 105 Å². The number of nitrogens with zero attached hydrogens (tertiary/aromatic N) is 2. The molecule has 7 nitrogen and oxygen atoms in total. The van der Waals surface area contributed by atoms with Crippen molar-refractivity contribution in [2.75, 3.05) is 17.3 Å². The van der Waals surface area contributed by atoms with Crippen LogP contribution >= 0.6 is 15.9 Å². The van der Waals surface area contributed by atoms with Gasteiger partial charge in [0.2, 0.25) is 11.9 Å². The summed E-state index contributed by atoms with van der Waals surface area (Å²) in [4.78, 5) is 19.6. The normalized spacial score (nSPS) is 11.8. The molecule has 19 heavy (non-hydrogen) atoms. The average Bonchev–Trinajstić information content (AvgIpc) is 2.40. The SMILES string of the molecule is CCC(C)NC(=O)CCNc1nc(NN)ncc1Br. The van der Waals surface area contributed by atoms with E-state index in [1.807, 2.05) is 13.8 Å². The molecule has 1 atom stereocenters. The van der Waals surface area contributed by atoms with E-state index in [4.69, 9.17) is 5.84 Å². The van der Waals surface area contributed by atoms with Crippen LogP contribution in [0, 0.1) is 0 Å². The fourth-order valence-electron chi connectivity index (χ4n) is 1.30. The van der Waals surface area contributed by atoms with Gasteiger partial charge in [0.15, 0.2) is 0 Å². The monoisotopic (exact) mass is 330 g/mol. The fourth-order valence-corrected chi connectivity index (χ4v) is 1.64. The molecule has 5 N–H and O–H groups in total. The van der Waals surface area contributed by atoms with Crippen LogP contribution in [0.25, 0.3) is 0 Å². The molecule has 0 bridgehead atoms. The van der Waals surface area contributed by atoms with Crippen LogP contribution in [0.15, 0.2) is 10.7 Å². The number of aromatic nitrogens is 2.